The van der Waals surface area contributed by atoms with Crippen LogP contribution < -0.4 is 15.0 Å². The number of nitrogens with one attached hydrogen (secondary N) is 1. The monoisotopic (exact) mass is 353 g/mol. The van der Waals surface area contributed by atoms with Crippen LogP contribution in [-0.4, -0.2) is 29.9 Å². The zero-order chi connectivity index (χ0) is 18.7. The van der Waals surface area contributed by atoms with Gasteiger partial charge in [0.05, 0.1) is 12.0 Å². The highest BCUT2D eigenvalue weighted by atomic mass is 16.5. The molecule has 0 spiro atoms. The molecule has 2 amide bonds. The van der Waals surface area contributed by atoms with Gasteiger partial charge < -0.3 is 19.4 Å². The Morgan fingerprint density at radius 2 is 2.08 bits per heavy atom. The van der Waals surface area contributed by atoms with E-state index in [1.807, 2.05) is 18.2 Å². The van der Waals surface area contributed by atoms with Crippen molar-refractivity contribution in [3.63, 3.8) is 0 Å². The van der Waals surface area contributed by atoms with Gasteiger partial charge in [-0.3, -0.25) is 9.59 Å². The number of amides is 2. The fourth-order valence-electron chi connectivity index (χ4n) is 2.53. The number of nitrogens with zero attached hydrogens (tertiary/aromatic N) is 2. The van der Waals surface area contributed by atoms with Crippen LogP contribution in [0.25, 0.3) is 11.0 Å². The van der Waals surface area contributed by atoms with Crippen molar-refractivity contribution >= 4 is 29.0 Å². The van der Waals surface area contributed by atoms with Crippen molar-refractivity contribution in [1.82, 2.24) is 10.3 Å². The first-order chi connectivity index (χ1) is 12.4. The van der Waals surface area contributed by atoms with E-state index in [0.717, 1.165) is 5.39 Å². The van der Waals surface area contributed by atoms with Gasteiger partial charge in [-0.05, 0) is 38.1 Å². The Kier molecular flexibility index (Phi) is 4.62. The quantitative estimate of drug-likeness (QED) is 0.688. The average molecular weight is 353 g/mol. The average Bonchev–Trinajstić information content (AvgIpc) is 3.08. The first kappa shape index (κ1) is 17.5. The van der Waals surface area contributed by atoms with Gasteiger partial charge in [0, 0.05) is 30.8 Å². The van der Waals surface area contributed by atoms with Crippen LogP contribution in [0.2, 0.25) is 0 Å². The van der Waals surface area contributed by atoms with E-state index >= 15 is 0 Å². The number of fused-ring (bicyclic) bond motifs is 1. The van der Waals surface area contributed by atoms with Crippen LogP contribution in [0.1, 0.15) is 13.8 Å². The van der Waals surface area contributed by atoms with E-state index in [-0.39, 0.29) is 5.91 Å². The van der Waals surface area contributed by atoms with Crippen LogP contribution in [-0.2, 0) is 9.59 Å². The molecule has 0 aliphatic rings. The third-order valence-electron chi connectivity index (χ3n) is 4.01. The predicted octanol–water partition coefficient (Wildman–Crippen LogP) is 3.11. The van der Waals surface area contributed by atoms with Crippen molar-refractivity contribution in [2.45, 2.75) is 19.4 Å². The molecule has 2 heterocycles. The van der Waals surface area contributed by atoms with Gasteiger partial charge in [0.15, 0.2) is 0 Å². The van der Waals surface area contributed by atoms with Gasteiger partial charge in [-0.2, -0.15) is 0 Å². The molecular formula is C19H19N3O4. The van der Waals surface area contributed by atoms with Gasteiger partial charge >= 0.3 is 0 Å². The molecular weight excluding hydrogens is 334 g/mol. The summed E-state index contributed by atoms with van der Waals surface area (Å²) in [6.07, 6.45) is 3.68. The molecule has 0 saturated carbocycles. The van der Waals surface area contributed by atoms with E-state index in [1.165, 1.54) is 4.90 Å². The van der Waals surface area contributed by atoms with Crippen molar-refractivity contribution in [1.29, 1.82) is 0 Å². The summed E-state index contributed by atoms with van der Waals surface area (Å²) < 4.78 is 11.1. The van der Waals surface area contributed by atoms with Crippen molar-refractivity contribution in [2.24, 2.45) is 0 Å². The largest absolute Gasteiger partial charge is 0.464 e. The summed E-state index contributed by atoms with van der Waals surface area (Å²) in [5.74, 6) is 0.655. The second kappa shape index (κ2) is 6.87. The number of carbonyl (C=O) groups excluding carboxylic acids is 2. The van der Waals surface area contributed by atoms with Crippen LogP contribution >= 0.6 is 0 Å². The molecule has 0 unspecified atom stereocenters. The van der Waals surface area contributed by atoms with E-state index in [2.05, 4.69) is 10.3 Å². The molecule has 0 radical (unpaired) electrons. The topological polar surface area (TPSA) is 84.7 Å². The van der Waals surface area contributed by atoms with Gasteiger partial charge in [0.25, 0.3) is 5.91 Å². The fraction of sp³-hybridized carbons (Fsp3) is 0.211. The summed E-state index contributed by atoms with van der Waals surface area (Å²) in [5, 5.41) is 3.49. The lowest BCUT2D eigenvalue weighted by Crippen LogP contribution is -2.52. The number of ether oxygens (including phenoxy) is 1. The van der Waals surface area contributed by atoms with Gasteiger partial charge in [-0.15, -0.1) is 0 Å². The third kappa shape index (κ3) is 3.51. The Morgan fingerprint density at radius 1 is 1.27 bits per heavy atom. The molecule has 0 bridgehead atoms. The Labute approximate surface area is 150 Å². The minimum Gasteiger partial charge on any atom is -0.464 e. The molecule has 0 aliphatic heterocycles. The lowest BCUT2D eigenvalue weighted by Gasteiger charge is -2.28. The third-order valence-corrected chi connectivity index (χ3v) is 4.01. The van der Waals surface area contributed by atoms with E-state index in [9.17, 15) is 9.59 Å². The summed E-state index contributed by atoms with van der Waals surface area (Å²) in [7, 11) is 1.63. The first-order valence-corrected chi connectivity index (χ1v) is 8.01. The number of pyridine rings is 1. The molecule has 26 heavy (non-hydrogen) atoms. The molecule has 7 nitrogen and oxygen atoms in total. The molecule has 0 fully saturated rings. The maximum Gasteiger partial charge on any atom is 0.251 e. The molecule has 3 aromatic rings. The number of benzene rings is 1. The van der Waals surface area contributed by atoms with Crippen molar-refractivity contribution < 1.29 is 18.7 Å². The Morgan fingerprint density at radius 3 is 2.85 bits per heavy atom. The first-order valence-electron chi connectivity index (χ1n) is 8.01. The SMILES string of the molecule is CN(C(=O)C(C)(C)NC=O)c1ccnc(Oc2ccc3ccoc3c2)c1. The molecule has 134 valence electrons. The second-order valence-electron chi connectivity index (χ2n) is 6.33. The van der Waals surface area contributed by atoms with Crippen molar-refractivity contribution in [3.05, 3.63) is 48.9 Å². The van der Waals surface area contributed by atoms with Gasteiger partial charge in [0.2, 0.25) is 12.3 Å². The standard InChI is InChI=1S/C19H19N3O4/c1-19(2,21-12-23)18(24)22(3)14-6-8-20-17(10-14)26-15-5-4-13-7-9-25-16(13)11-15/h4-12H,1-3H3,(H,21,23). The number of carbonyl (C=O) groups is 2. The molecule has 1 aromatic carbocycles. The number of furan rings is 1. The van der Waals surface area contributed by atoms with Crippen molar-refractivity contribution in [2.75, 3.05) is 11.9 Å². The summed E-state index contributed by atoms with van der Waals surface area (Å²) in [5.41, 5.74) is 0.290. The molecule has 2 aromatic heterocycles. The fourth-order valence-corrected chi connectivity index (χ4v) is 2.53. The maximum absolute atomic E-state index is 12.6. The summed E-state index contributed by atoms with van der Waals surface area (Å²) >= 11 is 0. The van der Waals surface area contributed by atoms with Gasteiger partial charge in [-0.25, -0.2) is 4.98 Å². The molecule has 0 atom stereocenters. The second-order valence-corrected chi connectivity index (χ2v) is 6.33. The molecule has 1 N–H and O–H groups in total. The summed E-state index contributed by atoms with van der Waals surface area (Å²) in [6, 6.07) is 10.7. The number of hydrogen-bond donors (Lipinski definition) is 1. The number of likely N-dealkylation sites (N-methyl/N-ethyl adjacent to an activating group) is 1. The minimum atomic E-state index is -1.02. The normalized spacial score (nSPS) is 11.2. The van der Waals surface area contributed by atoms with E-state index < -0.39 is 5.54 Å². The number of rotatable bonds is 6. The Balaban J connectivity index is 1.81. The highest BCUT2D eigenvalue weighted by molar-refractivity contribution is 6.00. The highest BCUT2D eigenvalue weighted by Gasteiger charge is 2.30. The van der Waals surface area contributed by atoms with Crippen LogP contribution in [0.4, 0.5) is 5.69 Å². The van der Waals surface area contributed by atoms with Crippen LogP contribution in [0, 0.1) is 0 Å². The van der Waals surface area contributed by atoms with E-state index in [1.54, 1.807) is 51.6 Å². The lowest BCUT2D eigenvalue weighted by atomic mass is 10.0. The van der Waals surface area contributed by atoms with Crippen LogP contribution in [0.3, 0.4) is 0 Å². The van der Waals surface area contributed by atoms with E-state index in [0.29, 0.717) is 29.3 Å². The smallest absolute Gasteiger partial charge is 0.251 e. The zero-order valence-corrected chi connectivity index (χ0v) is 14.7. The van der Waals surface area contributed by atoms with Crippen LogP contribution in [0.5, 0.6) is 11.6 Å². The Hall–Kier alpha value is -3.35. The molecule has 0 saturated heterocycles. The highest BCUT2D eigenvalue weighted by Crippen LogP contribution is 2.27. The number of hydrogen-bond acceptors (Lipinski definition) is 5. The number of anilines is 1. The Bertz CT molecular complexity index is 949. The van der Waals surface area contributed by atoms with Gasteiger partial charge in [-0.1, -0.05) is 0 Å². The minimum absolute atomic E-state index is 0.265. The van der Waals surface area contributed by atoms with E-state index in [4.69, 9.17) is 9.15 Å². The van der Waals surface area contributed by atoms with Gasteiger partial charge in [0.1, 0.15) is 16.9 Å². The maximum atomic E-state index is 12.6. The predicted molar refractivity (Wildman–Crippen MR) is 97.2 cm³/mol. The molecule has 0 aliphatic carbocycles. The zero-order valence-electron chi connectivity index (χ0n) is 14.7. The van der Waals surface area contributed by atoms with Crippen LogP contribution in [0.15, 0.2) is 53.3 Å². The summed E-state index contributed by atoms with van der Waals surface area (Å²) in [4.78, 5) is 28.9. The molecule has 3 rings (SSSR count). The summed E-state index contributed by atoms with van der Waals surface area (Å²) in [6.45, 7) is 3.27. The number of aromatic nitrogens is 1. The lowest BCUT2D eigenvalue weighted by molar-refractivity contribution is -0.126. The van der Waals surface area contributed by atoms with Crippen molar-refractivity contribution in [3.8, 4) is 11.6 Å². The molecule has 7 heteroatoms.